The van der Waals surface area contributed by atoms with Gasteiger partial charge in [-0.15, -0.1) is 0 Å². The molecule has 20 heavy (non-hydrogen) atoms. The zero-order chi connectivity index (χ0) is 14.3. The number of anilines is 1. The first-order valence-corrected chi connectivity index (χ1v) is 6.67. The van der Waals surface area contributed by atoms with E-state index in [9.17, 15) is 14.7 Å². The van der Waals surface area contributed by atoms with Gasteiger partial charge in [0.05, 0.1) is 18.6 Å². The molecule has 0 saturated carbocycles. The van der Waals surface area contributed by atoms with Crippen molar-refractivity contribution in [2.75, 3.05) is 12.0 Å². The summed E-state index contributed by atoms with van der Waals surface area (Å²) in [7, 11) is 1.34. The molecule has 3 rings (SSSR count). The zero-order valence-electron chi connectivity index (χ0n) is 11.2. The van der Waals surface area contributed by atoms with Crippen molar-refractivity contribution < 1.29 is 19.4 Å². The molecule has 2 saturated heterocycles. The molecule has 2 aliphatic rings. The number of methoxy groups -OCH3 is 1. The van der Waals surface area contributed by atoms with Gasteiger partial charge in [0, 0.05) is 18.3 Å². The van der Waals surface area contributed by atoms with Crippen LogP contribution in [0, 0.1) is 5.92 Å². The van der Waals surface area contributed by atoms with Crippen LogP contribution >= 0.6 is 0 Å². The maximum Gasteiger partial charge on any atom is 0.338 e. The third-order valence-electron chi connectivity index (χ3n) is 4.29. The Labute approximate surface area is 116 Å². The second kappa shape index (κ2) is 4.77. The average Bonchev–Trinajstić information content (AvgIpc) is 3.04. The Morgan fingerprint density at radius 3 is 2.90 bits per heavy atom. The third-order valence-corrected chi connectivity index (χ3v) is 4.29. The number of ether oxygens (including phenoxy) is 1. The summed E-state index contributed by atoms with van der Waals surface area (Å²) in [5, 5.41) is 9.26. The predicted molar refractivity (Wildman–Crippen MR) is 70.6 cm³/mol. The van der Waals surface area contributed by atoms with Crippen molar-refractivity contribution in [3.05, 3.63) is 23.9 Å². The molecule has 6 heteroatoms. The number of aromatic nitrogens is 1. The van der Waals surface area contributed by atoms with Crippen molar-refractivity contribution in [2.24, 2.45) is 5.92 Å². The van der Waals surface area contributed by atoms with Gasteiger partial charge in [0.1, 0.15) is 5.82 Å². The Kier molecular flexibility index (Phi) is 3.08. The van der Waals surface area contributed by atoms with Gasteiger partial charge >= 0.3 is 11.9 Å². The second-order valence-electron chi connectivity index (χ2n) is 5.28. The lowest BCUT2D eigenvalue weighted by Crippen LogP contribution is -2.33. The molecule has 2 aliphatic heterocycles. The monoisotopic (exact) mass is 276 g/mol. The molecule has 0 amide bonds. The minimum Gasteiger partial charge on any atom is -0.481 e. The summed E-state index contributed by atoms with van der Waals surface area (Å²) in [5.74, 6) is -0.817. The standard InChI is InChI=1S/C14H16N2O4/c1-20-14(19)8-4-5-15-12(6-8)16-9-2-3-11(16)10(7-9)13(17)18/h4-6,9-11H,2-3,7H2,1H3,(H,17,18). The van der Waals surface area contributed by atoms with Gasteiger partial charge in [0.15, 0.2) is 0 Å². The van der Waals surface area contributed by atoms with E-state index in [2.05, 4.69) is 9.88 Å². The maximum atomic E-state index is 11.6. The Hall–Kier alpha value is -2.11. The molecule has 3 atom stereocenters. The van der Waals surface area contributed by atoms with E-state index in [4.69, 9.17) is 4.74 Å². The van der Waals surface area contributed by atoms with Crippen LogP contribution in [0.5, 0.6) is 0 Å². The molecule has 0 aromatic carbocycles. The van der Waals surface area contributed by atoms with E-state index in [1.807, 2.05) is 0 Å². The molecule has 2 bridgehead atoms. The Morgan fingerprint density at radius 2 is 2.25 bits per heavy atom. The number of esters is 1. The fraction of sp³-hybridized carbons (Fsp3) is 0.500. The number of pyridine rings is 1. The van der Waals surface area contributed by atoms with E-state index >= 15 is 0 Å². The molecule has 3 unspecified atom stereocenters. The highest BCUT2D eigenvalue weighted by molar-refractivity contribution is 5.90. The van der Waals surface area contributed by atoms with Crippen LogP contribution in [0.15, 0.2) is 18.3 Å². The normalized spacial score (nSPS) is 27.6. The largest absolute Gasteiger partial charge is 0.481 e. The first-order valence-electron chi connectivity index (χ1n) is 6.67. The highest BCUT2D eigenvalue weighted by Gasteiger charge is 2.49. The van der Waals surface area contributed by atoms with E-state index in [0.29, 0.717) is 17.8 Å². The number of carboxylic acid groups (broad SMARTS) is 1. The minimum absolute atomic E-state index is 0.0158. The van der Waals surface area contributed by atoms with Crippen LogP contribution in [0.3, 0.4) is 0 Å². The van der Waals surface area contributed by atoms with E-state index < -0.39 is 11.9 Å². The summed E-state index contributed by atoms with van der Waals surface area (Å²) >= 11 is 0. The summed E-state index contributed by atoms with van der Waals surface area (Å²) in [6.45, 7) is 0. The molecule has 2 fully saturated rings. The smallest absolute Gasteiger partial charge is 0.338 e. The number of hydrogen-bond donors (Lipinski definition) is 1. The minimum atomic E-state index is -0.744. The van der Waals surface area contributed by atoms with Gasteiger partial charge in [-0.1, -0.05) is 0 Å². The number of carbonyl (C=O) groups is 2. The number of nitrogens with zero attached hydrogens (tertiary/aromatic N) is 2. The van der Waals surface area contributed by atoms with Crippen LogP contribution in [0.4, 0.5) is 5.82 Å². The first-order chi connectivity index (χ1) is 9.61. The topological polar surface area (TPSA) is 79.7 Å². The lowest BCUT2D eigenvalue weighted by atomic mass is 9.89. The van der Waals surface area contributed by atoms with Crippen LogP contribution < -0.4 is 4.90 Å². The number of hydrogen-bond acceptors (Lipinski definition) is 5. The Morgan fingerprint density at radius 1 is 1.45 bits per heavy atom. The highest BCUT2D eigenvalue weighted by atomic mass is 16.5. The first kappa shape index (κ1) is 12.9. The van der Waals surface area contributed by atoms with E-state index in [1.165, 1.54) is 7.11 Å². The lowest BCUT2D eigenvalue weighted by Gasteiger charge is -2.24. The SMILES string of the molecule is COC(=O)c1ccnc(N2C3CCC2C(C(=O)O)C3)c1. The number of carbonyl (C=O) groups excluding carboxylic acids is 1. The van der Waals surface area contributed by atoms with Gasteiger partial charge < -0.3 is 14.7 Å². The van der Waals surface area contributed by atoms with Crippen molar-refractivity contribution in [3.8, 4) is 0 Å². The summed E-state index contributed by atoms with van der Waals surface area (Å²) in [4.78, 5) is 29.2. The van der Waals surface area contributed by atoms with Crippen molar-refractivity contribution in [3.63, 3.8) is 0 Å². The fourth-order valence-corrected chi connectivity index (χ4v) is 3.42. The molecule has 0 spiro atoms. The van der Waals surface area contributed by atoms with Gasteiger partial charge in [0.25, 0.3) is 0 Å². The van der Waals surface area contributed by atoms with Gasteiger partial charge in [-0.2, -0.15) is 0 Å². The molecule has 1 aromatic heterocycles. The molecule has 106 valence electrons. The van der Waals surface area contributed by atoms with Crippen molar-refractivity contribution in [1.29, 1.82) is 0 Å². The van der Waals surface area contributed by atoms with Crippen LogP contribution in [0.1, 0.15) is 29.6 Å². The Bertz CT molecular complexity index is 560. The summed E-state index contributed by atoms with van der Waals surface area (Å²) in [5.41, 5.74) is 0.440. The molecule has 0 radical (unpaired) electrons. The summed E-state index contributed by atoms with van der Waals surface area (Å²) < 4.78 is 4.70. The van der Waals surface area contributed by atoms with E-state index in [1.54, 1.807) is 18.3 Å². The van der Waals surface area contributed by atoms with Crippen molar-refractivity contribution in [2.45, 2.75) is 31.3 Å². The fourth-order valence-electron chi connectivity index (χ4n) is 3.42. The van der Waals surface area contributed by atoms with E-state index in [-0.39, 0.29) is 18.0 Å². The maximum absolute atomic E-state index is 11.6. The quantitative estimate of drug-likeness (QED) is 0.838. The molecule has 1 N–H and O–H groups in total. The molecule has 0 aliphatic carbocycles. The van der Waals surface area contributed by atoms with Gasteiger partial charge in [-0.25, -0.2) is 9.78 Å². The number of rotatable bonds is 3. The summed E-state index contributed by atoms with van der Waals surface area (Å²) in [6, 6.07) is 3.48. The van der Waals surface area contributed by atoms with Crippen molar-refractivity contribution >= 4 is 17.8 Å². The molecular weight excluding hydrogens is 260 g/mol. The van der Waals surface area contributed by atoms with Gasteiger partial charge in [0.2, 0.25) is 0 Å². The lowest BCUT2D eigenvalue weighted by molar-refractivity contribution is -0.142. The van der Waals surface area contributed by atoms with Crippen LogP contribution in [-0.2, 0) is 9.53 Å². The highest BCUT2D eigenvalue weighted by Crippen LogP contribution is 2.44. The van der Waals surface area contributed by atoms with Gasteiger partial charge in [-0.3, -0.25) is 4.79 Å². The van der Waals surface area contributed by atoms with E-state index in [0.717, 1.165) is 12.8 Å². The van der Waals surface area contributed by atoms with Gasteiger partial charge in [-0.05, 0) is 31.4 Å². The molecule has 1 aromatic rings. The van der Waals surface area contributed by atoms with Crippen LogP contribution in [0.25, 0.3) is 0 Å². The second-order valence-corrected chi connectivity index (χ2v) is 5.28. The van der Waals surface area contributed by atoms with Crippen molar-refractivity contribution in [1.82, 2.24) is 4.98 Å². The molecule has 3 heterocycles. The van der Waals surface area contributed by atoms with Crippen LogP contribution in [0.2, 0.25) is 0 Å². The zero-order valence-corrected chi connectivity index (χ0v) is 11.2. The number of aliphatic carboxylic acids is 1. The average molecular weight is 276 g/mol. The Balaban J connectivity index is 1.90. The molecule has 6 nitrogen and oxygen atoms in total. The van der Waals surface area contributed by atoms with Crippen LogP contribution in [-0.4, -0.2) is 41.2 Å². The number of carboxylic acids is 1. The third kappa shape index (κ3) is 1.92. The number of fused-ring (bicyclic) bond motifs is 2. The molecular formula is C14H16N2O4. The summed E-state index contributed by atoms with van der Waals surface area (Å²) in [6.07, 6.45) is 4.07. The predicted octanol–water partition coefficient (Wildman–Crippen LogP) is 1.31.